The van der Waals surface area contributed by atoms with Gasteiger partial charge in [-0.3, -0.25) is 9.69 Å². The average molecular weight is 360 g/mol. The highest BCUT2D eigenvalue weighted by molar-refractivity contribution is 5.97. The van der Waals surface area contributed by atoms with Gasteiger partial charge in [0.2, 0.25) is 0 Å². The quantitative estimate of drug-likeness (QED) is 0.695. The molecule has 0 spiro atoms. The highest BCUT2D eigenvalue weighted by atomic mass is 19.1. The molecule has 0 aliphatic rings. The number of ketones is 1. The molecule has 7 heteroatoms. The Morgan fingerprint density at radius 1 is 1.12 bits per heavy atom. The summed E-state index contributed by atoms with van der Waals surface area (Å²) >= 11 is 0. The molecule has 2 aromatic carbocycles. The molecular weight excluding hydrogens is 339 g/mol. The number of benzene rings is 2. The number of hydrogen-bond donors (Lipinski definition) is 1. The summed E-state index contributed by atoms with van der Waals surface area (Å²) in [5, 5.41) is 0. The van der Waals surface area contributed by atoms with E-state index in [1.807, 2.05) is 24.3 Å². The minimum Gasteiger partial charge on any atom is -0.497 e. The lowest BCUT2D eigenvalue weighted by molar-refractivity contribution is 0.0891. The number of halogens is 1. The van der Waals surface area contributed by atoms with Crippen LogP contribution in [0.5, 0.6) is 5.75 Å². The van der Waals surface area contributed by atoms with E-state index in [4.69, 9.17) is 15.2 Å². The third-order valence-corrected chi connectivity index (χ3v) is 3.76. The largest absolute Gasteiger partial charge is 0.497 e. The van der Waals surface area contributed by atoms with Crippen molar-refractivity contribution in [3.63, 3.8) is 0 Å². The van der Waals surface area contributed by atoms with Crippen LogP contribution in [0.25, 0.3) is 0 Å². The monoisotopic (exact) mass is 360 g/mol. The molecule has 0 heterocycles. The first-order valence-electron chi connectivity index (χ1n) is 8.05. The van der Waals surface area contributed by atoms with Gasteiger partial charge in [-0.05, 0) is 29.8 Å². The third kappa shape index (κ3) is 5.86. The Morgan fingerprint density at radius 3 is 2.42 bits per heavy atom. The number of nitrogens with zero attached hydrogens (tertiary/aromatic N) is 1. The van der Waals surface area contributed by atoms with E-state index in [0.29, 0.717) is 6.54 Å². The van der Waals surface area contributed by atoms with E-state index in [0.717, 1.165) is 11.3 Å². The highest BCUT2D eigenvalue weighted by Gasteiger charge is 2.16. The number of Topliss-reactive ketones (excluding diaryl/α,β-unsaturated/α-hetero) is 1. The van der Waals surface area contributed by atoms with Crippen molar-refractivity contribution in [2.24, 2.45) is 5.73 Å². The SMILES string of the molecule is COc1ccc(CN(CCOC(N)=O)CC(=O)c2ccccc2F)cc1. The summed E-state index contributed by atoms with van der Waals surface area (Å²) in [5.74, 6) is -0.189. The molecule has 2 rings (SSSR count). The van der Waals surface area contributed by atoms with Crippen LogP contribution in [-0.2, 0) is 11.3 Å². The van der Waals surface area contributed by atoms with Crippen LogP contribution in [-0.4, -0.2) is 43.6 Å². The second-order valence-electron chi connectivity index (χ2n) is 5.63. The first-order valence-corrected chi connectivity index (χ1v) is 8.05. The number of ether oxygens (including phenoxy) is 2. The van der Waals surface area contributed by atoms with Gasteiger partial charge in [-0.15, -0.1) is 0 Å². The fourth-order valence-electron chi connectivity index (χ4n) is 2.45. The number of methoxy groups -OCH3 is 1. The fraction of sp³-hybridized carbons (Fsp3) is 0.263. The molecule has 0 aromatic heterocycles. The van der Waals surface area contributed by atoms with E-state index in [9.17, 15) is 14.0 Å². The summed E-state index contributed by atoms with van der Waals surface area (Å²) in [7, 11) is 1.58. The van der Waals surface area contributed by atoms with Crippen molar-refractivity contribution in [1.82, 2.24) is 4.90 Å². The number of amides is 1. The molecule has 0 bridgehead atoms. The number of carbonyl (C=O) groups excluding carboxylic acids is 2. The van der Waals surface area contributed by atoms with Crippen LogP contribution in [0.4, 0.5) is 9.18 Å². The predicted octanol–water partition coefficient (Wildman–Crippen LogP) is 2.61. The molecule has 0 atom stereocenters. The van der Waals surface area contributed by atoms with Gasteiger partial charge >= 0.3 is 6.09 Å². The van der Waals surface area contributed by atoms with Crippen LogP contribution in [0.15, 0.2) is 48.5 Å². The maximum atomic E-state index is 13.8. The van der Waals surface area contributed by atoms with Crippen molar-refractivity contribution >= 4 is 11.9 Å². The first-order chi connectivity index (χ1) is 12.5. The van der Waals surface area contributed by atoms with Gasteiger partial charge in [-0.1, -0.05) is 24.3 Å². The number of carbonyl (C=O) groups is 2. The third-order valence-electron chi connectivity index (χ3n) is 3.76. The smallest absolute Gasteiger partial charge is 0.404 e. The van der Waals surface area contributed by atoms with Crippen LogP contribution < -0.4 is 10.5 Å². The summed E-state index contributed by atoms with van der Waals surface area (Å²) in [5.41, 5.74) is 5.93. The van der Waals surface area contributed by atoms with Gasteiger partial charge in [0.25, 0.3) is 0 Å². The fourth-order valence-corrected chi connectivity index (χ4v) is 2.45. The summed E-state index contributed by atoms with van der Waals surface area (Å²) in [6.45, 7) is 0.729. The van der Waals surface area contributed by atoms with Crippen LogP contribution in [0, 0.1) is 5.82 Å². The van der Waals surface area contributed by atoms with E-state index >= 15 is 0 Å². The second kappa shape index (κ2) is 9.53. The van der Waals surface area contributed by atoms with Crippen molar-refractivity contribution in [1.29, 1.82) is 0 Å². The molecule has 0 aliphatic carbocycles. The molecule has 1 amide bonds. The molecule has 0 unspecified atom stereocenters. The van der Waals surface area contributed by atoms with Gasteiger partial charge in [0.05, 0.1) is 19.2 Å². The Balaban J connectivity index is 2.07. The van der Waals surface area contributed by atoms with Crippen molar-refractivity contribution in [3.05, 3.63) is 65.5 Å². The maximum Gasteiger partial charge on any atom is 0.404 e. The van der Waals surface area contributed by atoms with Gasteiger partial charge in [0.15, 0.2) is 5.78 Å². The first kappa shape index (κ1) is 19.4. The summed E-state index contributed by atoms with van der Waals surface area (Å²) in [6, 6.07) is 13.2. The summed E-state index contributed by atoms with van der Waals surface area (Å²) < 4.78 is 23.7. The molecular formula is C19H21FN2O4. The molecule has 0 radical (unpaired) electrons. The Morgan fingerprint density at radius 2 is 1.81 bits per heavy atom. The predicted molar refractivity (Wildman–Crippen MR) is 94.5 cm³/mol. The molecule has 0 saturated heterocycles. The zero-order valence-electron chi connectivity index (χ0n) is 14.5. The lowest BCUT2D eigenvalue weighted by atomic mass is 10.1. The van der Waals surface area contributed by atoms with E-state index in [2.05, 4.69) is 0 Å². The minimum absolute atomic E-state index is 0.0188. The Bertz CT molecular complexity index is 749. The van der Waals surface area contributed by atoms with E-state index in [-0.39, 0.29) is 31.0 Å². The van der Waals surface area contributed by atoms with Crippen LogP contribution in [0.1, 0.15) is 15.9 Å². The van der Waals surface area contributed by atoms with Crippen molar-refractivity contribution in [2.45, 2.75) is 6.54 Å². The Hall–Kier alpha value is -2.93. The lowest BCUT2D eigenvalue weighted by Gasteiger charge is -2.21. The normalized spacial score (nSPS) is 10.6. The summed E-state index contributed by atoms with van der Waals surface area (Å²) in [6.07, 6.45) is -0.880. The van der Waals surface area contributed by atoms with Gasteiger partial charge in [0, 0.05) is 13.1 Å². The number of primary amides is 1. The van der Waals surface area contributed by atoms with Crippen molar-refractivity contribution in [3.8, 4) is 5.75 Å². The maximum absolute atomic E-state index is 13.8. The zero-order valence-corrected chi connectivity index (χ0v) is 14.5. The Kier molecular flexibility index (Phi) is 7.11. The van der Waals surface area contributed by atoms with Gasteiger partial charge < -0.3 is 15.2 Å². The highest BCUT2D eigenvalue weighted by Crippen LogP contribution is 2.14. The molecule has 0 fully saturated rings. The van der Waals surface area contributed by atoms with E-state index in [1.54, 1.807) is 18.1 Å². The molecule has 2 aromatic rings. The van der Waals surface area contributed by atoms with E-state index in [1.165, 1.54) is 18.2 Å². The van der Waals surface area contributed by atoms with Crippen molar-refractivity contribution < 1.29 is 23.5 Å². The molecule has 26 heavy (non-hydrogen) atoms. The second-order valence-corrected chi connectivity index (χ2v) is 5.63. The topological polar surface area (TPSA) is 81.9 Å². The number of nitrogens with two attached hydrogens (primary N) is 1. The van der Waals surface area contributed by atoms with Crippen LogP contribution in [0.2, 0.25) is 0 Å². The molecule has 138 valence electrons. The number of hydrogen-bond acceptors (Lipinski definition) is 5. The van der Waals surface area contributed by atoms with Gasteiger partial charge in [-0.2, -0.15) is 0 Å². The molecule has 0 saturated carbocycles. The minimum atomic E-state index is -0.880. The van der Waals surface area contributed by atoms with Gasteiger partial charge in [-0.25, -0.2) is 9.18 Å². The molecule has 0 aliphatic heterocycles. The molecule has 2 N–H and O–H groups in total. The van der Waals surface area contributed by atoms with Gasteiger partial charge in [0.1, 0.15) is 18.2 Å². The van der Waals surface area contributed by atoms with Crippen molar-refractivity contribution in [2.75, 3.05) is 26.8 Å². The Labute approximate surface area is 151 Å². The van der Waals surface area contributed by atoms with Crippen LogP contribution >= 0.6 is 0 Å². The number of rotatable bonds is 9. The van der Waals surface area contributed by atoms with E-state index < -0.39 is 11.9 Å². The summed E-state index contributed by atoms with van der Waals surface area (Å²) in [4.78, 5) is 24.9. The standard InChI is InChI=1S/C19H21FN2O4/c1-25-15-8-6-14(7-9-15)12-22(10-11-26-19(21)24)13-18(23)16-4-2-3-5-17(16)20/h2-9H,10-13H2,1H3,(H2,21,24). The van der Waals surface area contributed by atoms with Crippen LogP contribution in [0.3, 0.4) is 0 Å². The molecule has 6 nitrogen and oxygen atoms in total. The average Bonchev–Trinajstić information content (AvgIpc) is 2.62. The lowest BCUT2D eigenvalue weighted by Crippen LogP contribution is -2.33. The zero-order chi connectivity index (χ0) is 18.9.